The average molecular weight is 348 g/mol. The van der Waals surface area contributed by atoms with Crippen LogP contribution in [0.2, 0.25) is 0 Å². The Labute approximate surface area is 144 Å². The first-order valence-electron chi connectivity index (χ1n) is 7.42. The molecule has 1 unspecified atom stereocenters. The number of primary amides is 1. The van der Waals surface area contributed by atoms with E-state index < -0.39 is 17.2 Å². The maximum absolute atomic E-state index is 12.2. The molecular formula is C15H20N6O2S. The number of thioether (sulfide) groups is 1. The Morgan fingerprint density at radius 1 is 1.29 bits per heavy atom. The number of carbonyl (C=O) groups excluding carboxylic acids is 2. The minimum atomic E-state index is -0.875. The van der Waals surface area contributed by atoms with Crippen LogP contribution >= 0.6 is 11.8 Å². The predicted molar refractivity (Wildman–Crippen MR) is 90.8 cm³/mol. The summed E-state index contributed by atoms with van der Waals surface area (Å²) in [5, 5.41) is 13.8. The molecule has 24 heavy (non-hydrogen) atoms. The quantitative estimate of drug-likeness (QED) is 0.793. The number of aromatic nitrogens is 4. The molecule has 0 saturated carbocycles. The first kappa shape index (κ1) is 17.9. The van der Waals surface area contributed by atoms with Crippen LogP contribution in [0.1, 0.15) is 25.0 Å². The van der Waals surface area contributed by atoms with Gasteiger partial charge < -0.3 is 5.73 Å². The summed E-state index contributed by atoms with van der Waals surface area (Å²) < 4.78 is 1.59. The molecule has 3 amide bonds. The Morgan fingerprint density at radius 2 is 2.00 bits per heavy atom. The molecule has 8 nitrogen and oxygen atoms in total. The van der Waals surface area contributed by atoms with Crippen LogP contribution in [-0.4, -0.2) is 37.4 Å². The van der Waals surface area contributed by atoms with Crippen molar-refractivity contribution in [1.29, 1.82) is 0 Å². The highest BCUT2D eigenvalue weighted by Crippen LogP contribution is 2.28. The Bertz CT molecular complexity index is 758. The summed E-state index contributed by atoms with van der Waals surface area (Å²) in [4.78, 5) is 23.1. The predicted octanol–water partition coefficient (Wildman–Crippen LogP) is 1.59. The van der Waals surface area contributed by atoms with Gasteiger partial charge >= 0.3 is 6.03 Å². The lowest BCUT2D eigenvalue weighted by molar-refractivity contribution is -0.120. The third-order valence-electron chi connectivity index (χ3n) is 3.36. The van der Waals surface area contributed by atoms with Gasteiger partial charge in [-0.1, -0.05) is 43.3 Å². The van der Waals surface area contributed by atoms with Crippen molar-refractivity contribution in [2.24, 2.45) is 11.7 Å². The van der Waals surface area contributed by atoms with Gasteiger partial charge in [-0.3, -0.25) is 10.1 Å². The van der Waals surface area contributed by atoms with E-state index in [0.29, 0.717) is 5.16 Å². The van der Waals surface area contributed by atoms with Crippen LogP contribution in [0, 0.1) is 19.8 Å². The molecule has 0 fully saturated rings. The van der Waals surface area contributed by atoms with Crippen LogP contribution in [0.3, 0.4) is 0 Å². The Hall–Kier alpha value is -2.42. The maximum Gasteiger partial charge on any atom is 0.318 e. The normalized spacial score (nSPS) is 12.2. The fraction of sp³-hybridized carbons (Fsp3) is 0.400. The van der Waals surface area contributed by atoms with E-state index in [2.05, 4.69) is 20.8 Å². The second-order valence-corrected chi connectivity index (χ2v) is 6.91. The molecule has 1 aromatic heterocycles. The highest BCUT2D eigenvalue weighted by Gasteiger charge is 2.27. The van der Waals surface area contributed by atoms with Crippen LogP contribution in [-0.2, 0) is 4.79 Å². The Kier molecular flexibility index (Phi) is 5.55. The van der Waals surface area contributed by atoms with Crippen molar-refractivity contribution in [3.63, 3.8) is 0 Å². The molecule has 1 heterocycles. The van der Waals surface area contributed by atoms with Crippen LogP contribution < -0.4 is 11.1 Å². The molecule has 2 aromatic rings. The summed E-state index contributed by atoms with van der Waals surface area (Å²) in [6.45, 7) is 7.74. The molecule has 1 atom stereocenters. The van der Waals surface area contributed by atoms with Crippen molar-refractivity contribution in [1.82, 2.24) is 25.5 Å². The van der Waals surface area contributed by atoms with E-state index in [-0.39, 0.29) is 5.92 Å². The molecule has 0 radical (unpaired) electrons. The summed E-state index contributed by atoms with van der Waals surface area (Å²) in [5.41, 5.74) is 8.03. The number of nitrogens with zero attached hydrogens (tertiary/aromatic N) is 4. The second kappa shape index (κ2) is 7.43. The smallest absolute Gasteiger partial charge is 0.318 e. The third kappa shape index (κ3) is 4.10. The molecule has 0 aliphatic rings. The van der Waals surface area contributed by atoms with Gasteiger partial charge in [0, 0.05) is 0 Å². The topological polar surface area (TPSA) is 116 Å². The highest BCUT2D eigenvalue weighted by molar-refractivity contribution is 8.00. The summed E-state index contributed by atoms with van der Waals surface area (Å²) >= 11 is 1.19. The second-order valence-electron chi connectivity index (χ2n) is 5.80. The molecule has 0 spiro atoms. The lowest BCUT2D eigenvalue weighted by Gasteiger charge is -2.18. The average Bonchev–Trinajstić information content (AvgIpc) is 2.91. The number of imide groups is 1. The van der Waals surface area contributed by atoms with Crippen molar-refractivity contribution in [3.8, 4) is 5.69 Å². The molecule has 3 N–H and O–H groups in total. The number of hydrogen-bond donors (Lipinski definition) is 2. The Balaban J connectivity index is 2.31. The van der Waals surface area contributed by atoms with Crippen LogP contribution in [0.4, 0.5) is 4.79 Å². The SMILES string of the molecule is Cc1ccc(-n2nnnc2SC(C(=O)NC(N)=O)C(C)C)c(C)c1. The maximum atomic E-state index is 12.2. The van der Waals surface area contributed by atoms with Crippen molar-refractivity contribution in [2.45, 2.75) is 38.1 Å². The zero-order valence-corrected chi connectivity index (χ0v) is 14.8. The minimum Gasteiger partial charge on any atom is -0.351 e. The number of tetrazole rings is 1. The number of carbonyl (C=O) groups is 2. The minimum absolute atomic E-state index is 0.0429. The Morgan fingerprint density at radius 3 is 2.58 bits per heavy atom. The summed E-state index contributed by atoms with van der Waals surface area (Å²) in [6.07, 6.45) is 0. The van der Waals surface area contributed by atoms with Gasteiger partial charge in [0.1, 0.15) is 0 Å². The summed E-state index contributed by atoms with van der Waals surface area (Å²) in [7, 11) is 0. The van der Waals surface area contributed by atoms with Crippen molar-refractivity contribution < 1.29 is 9.59 Å². The van der Waals surface area contributed by atoms with Crippen LogP contribution in [0.15, 0.2) is 23.4 Å². The molecule has 0 saturated heterocycles. The number of aryl methyl sites for hydroxylation is 2. The molecular weight excluding hydrogens is 328 g/mol. The van der Waals surface area contributed by atoms with Gasteiger partial charge in [0.05, 0.1) is 10.9 Å². The molecule has 0 aliphatic carbocycles. The van der Waals surface area contributed by atoms with Crippen molar-refractivity contribution in [3.05, 3.63) is 29.3 Å². The van der Waals surface area contributed by atoms with E-state index in [0.717, 1.165) is 16.8 Å². The van der Waals surface area contributed by atoms with Crippen LogP contribution in [0.25, 0.3) is 5.69 Å². The molecule has 1 aromatic carbocycles. The number of urea groups is 1. The monoisotopic (exact) mass is 348 g/mol. The molecule has 128 valence electrons. The third-order valence-corrected chi connectivity index (χ3v) is 4.84. The van der Waals surface area contributed by atoms with Gasteiger partial charge in [0.2, 0.25) is 11.1 Å². The largest absolute Gasteiger partial charge is 0.351 e. The van der Waals surface area contributed by atoms with Gasteiger partial charge in [0.15, 0.2) is 0 Å². The van der Waals surface area contributed by atoms with Gasteiger partial charge in [-0.2, -0.15) is 4.68 Å². The fourth-order valence-electron chi connectivity index (χ4n) is 2.25. The molecule has 9 heteroatoms. The first-order chi connectivity index (χ1) is 11.3. The molecule has 0 aliphatic heterocycles. The van der Waals surface area contributed by atoms with Gasteiger partial charge in [-0.25, -0.2) is 4.79 Å². The van der Waals surface area contributed by atoms with E-state index in [1.54, 1.807) is 4.68 Å². The van der Waals surface area contributed by atoms with Crippen LogP contribution in [0.5, 0.6) is 0 Å². The number of benzene rings is 1. The van der Waals surface area contributed by atoms with Crippen molar-refractivity contribution in [2.75, 3.05) is 0 Å². The number of nitrogens with one attached hydrogen (secondary N) is 1. The summed E-state index contributed by atoms with van der Waals surface area (Å²) in [6, 6.07) is 5.06. The van der Waals surface area contributed by atoms with E-state index in [9.17, 15) is 9.59 Å². The number of amides is 3. The number of hydrogen-bond acceptors (Lipinski definition) is 6. The standard InChI is InChI=1S/C15H20N6O2S/c1-8(2)12(13(22)17-14(16)23)24-15-18-19-20-21(15)11-6-5-9(3)7-10(11)4/h5-8,12H,1-4H3,(H3,16,17,22,23). The van der Waals surface area contributed by atoms with Gasteiger partial charge in [-0.05, 0) is 41.8 Å². The zero-order valence-electron chi connectivity index (χ0n) is 14.0. The van der Waals surface area contributed by atoms with E-state index in [4.69, 9.17) is 5.73 Å². The van der Waals surface area contributed by atoms with E-state index in [1.807, 2.05) is 45.9 Å². The fourth-order valence-corrected chi connectivity index (χ4v) is 3.23. The molecule has 2 rings (SSSR count). The highest BCUT2D eigenvalue weighted by atomic mass is 32.2. The van der Waals surface area contributed by atoms with Gasteiger partial charge in [0.25, 0.3) is 0 Å². The lowest BCUT2D eigenvalue weighted by atomic mass is 10.1. The van der Waals surface area contributed by atoms with Gasteiger partial charge in [-0.15, -0.1) is 5.10 Å². The first-order valence-corrected chi connectivity index (χ1v) is 8.30. The van der Waals surface area contributed by atoms with E-state index in [1.165, 1.54) is 11.8 Å². The summed E-state index contributed by atoms with van der Waals surface area (Å²) in [5.74, 6) is -0.503. The molecule has 0 bridgehead atoms. The van der Waals surface area contributed by atoms with Crippen molar-refractivity contribution >= 4 is 23.7 Å². The van der Waals surface area contributed by atoms with E-state index >= 15 is 0 Å². The number of rotatable bonds is 5. The lowest BCUT2D eigenvalue weighted by Crippen LogP contribution is -2.42. The zero-order chi connectivity index (χ0) is 17.9. The number of nitrogens with two attached hydrogens (primary N) is 1.